The highest BCUT2D eigenvalue weighted by atomic mass is 35.5. The summed E-state index contributed by atoms with van der Waals surface area (Å²) >= 11 is 5.92. The molecule has 1 aliphatic rings. The van der Waals surface area contributed by atoms with Gasteiger partial charge in [-0.2, -0.15) is 5.10 Å². The monoisotopic (exact) mass is 183 g/mol. The molecule has 1 aromatic rings. The summed E-state index contributed by atoms with van der Waals surface area (Å²) < 4.78 is 0. The molecule has 0 aromatic carbocycles. The number of hydrogen-bond acceptors (Lipinski definition) is 3. The highest BCUT2D eigenvalue weighted by molar-refractivity contribution is 6.30. The predicted molar refractivity (Wildman–Crippen MR) is 46.2 cm³/mol. The largest absolute Gasteiger partial charge is 0.218 e. The van der Waals surface area contributed by atoms with Crippen molar-refractivity contribution in [2.24, 2.45) is 0 Å². The van der Waals surface area contributed by atoms with Gasteiger partial charge in [-0.25, -0.2) is 4.98 Å². The van der Waals surface area contributed by atoms with Crippen molar-refractivity contribution >= 4 is 11.6 Å². The van der Waals surface area contributed by atoms with Crippen LogP contribution in [0.4, 0.5) is 0 Å². The first-order chi connectivity index (χ1) is 5.77. The molecule has 0 bridgehead atoms. The number of hydrogen-bond donors (Lipinski definition) is 0. The van der Waals surface area contributed by atoms with Crippen molar-refractivity contribution in [1.82, 2.24) is 15.2 Å². The van der Waals surface area contributed by atoms with E-state index in [-0.39, 0.29) is 0 Å². The molecule has 3 nitrogen and oxygen atoms in total. The van der Waals surface area contributed by atoms with E-state index in [2.05, 4.69) is 15.2 Å². The molecule has 1 saturated carbocycles. The van der Waals surface area contributed by atoms with E-state index in [0.29, 0.717) is 16.9 Å². The molecular weight excluding hydrogens is 174 g/mol. The molecule has 0 amide bonds. The molecule has 1 aromatic heterocycles. The maximum Gasteiger partial charge on any atom is 0.154 e. The van der Waals surface area contributed by atoms with Gasteiger partial charge in [0.25, 0.3) is 0 Å². The summed E-state index contributed by atoms with van der Waals surface area (Å²) in [6.07, 6.45) is 3.63. The number of aromatic nitrogens is 3. The van der Waals surface area contributed by atoms with Gasteiger partial charge in [0.15, 0.2) is 5.15 Å². The quantitative estimate of drug-likeness (QED) is 0.670. The van der Waals surface area contributed by atoms with Gasteiger partial charge in [0, 0.05) is 5.92 Å². The molecule has 0 unspecified atom stereocenters. The molecule has 1 fully saturated rings. The van der Waals surface area contributed by atoms with Gasteiger partial charge in [-0.15, -0.1) is 5.10 Å². The predicted octanol–water partition coefficient (Wildman–Crippen LogP) is 2.10. The van der Waals surface area contributed by atoms with Crippen LogP contribution in [0.15, 0.2) is 0 Å². The third-order valence-electron chi connectivity index (χ3n) is 2.27. The summed E-state index contributed by atoms with van der Waals surface area (Å²) in [6.45, 7) is 1.80. The van der Waals surface area contributed by atoms with E-state index in [1.54, 1.807) is 6.92 Å². The zero-order valence-electron chi connectivity index (χ0n) is 6.92. The molecule has 0 radical (unpaired) electrons. The Hall–Kier alpha value is -0.700. The number of rotatable bonds is 1. The fourth-order valence-electron chi connectivity index (χ4n) is 1.32. The average molecular weight is 184 g/mol. The molecule has 0 N–H and O–H groups in total. The van der Waals surface area contributed by atoms with Crippen molar-refractivity contribution in [2.45, 2.75) is 32.1 Å². The lowest BCUT2D eigenvalue weighted by Gasteiger charge is -2.24. The summed E-state index contributed by atoms with van der Waals surface area (Å²) in [5.41, 5.74) is 0.883. The highest BCUT2D eigenvalue weighted by Gasteiger charge is 2.24. The first kappa shape index (κ1) is 7.92. The van der Waals surface area contributed by atoms with Crippen LogP contribution in [-0.4, -0.2) is 15.2 Å². The maximum absolute atomic E-state index is 5.92. The Morgan fingerprint density at radius 1 is 1.33 bits per heavy atom. The molecule has 4 heteroatoms. The van der Waals surface area contributed by atoms with Crippen molar-refractivity contribution in [1.29, 1.82) is 0 Å². The maximum atomic E-state index is 5.92. The Bertz CT molecular complexity index is 296. The fourth-order valence-corrected chi connectivity index (χ4v) is 1.64. The Kier molecular flexibility index (Phi) is 1.97. The standard InChI is InChI=1S/C8H10ClN3/c1-5-10-8(9)7(12-11-5)6-3-2-4-6/h6H,2-4H2,1H3. The third-order valence-corrected chi connectivity index (χ3v) is 2.54. The van der Waals surface area contributed by atoms with E-state index in [1.165, 1.54) is 19.3 Å². The molecular formula is C8H10ClN3. The van der Waals surface area contributed by atoms with Crippen LogP contribution in [0.1, 0.15) is 36.7 Å². The van der Waals surface area contributed by atoms with Crippen LogP contribution in [-0.2, 0) is 0 Å². The Balaban J connectivity index is 2.31. The average Bonchev–Trinajstić information content (AvgIpc) is 1.91. The summed E-state index contributed by atoms with van der Waals surface area (Å²) in [7, 11) is 0. The smallest absolute Gasteiger partial charge is 0.154 e. The van der Waals surface area contributed by atoms with E-state index in [0.717, 1.165) is 5.69 Å². The van der Waals surface area contributed by atoms with Crippen molar-refractivity contribution < 1.29 is 0 Å². The number of aryl methyl sites for hydroxylation is 1. The number of halogens is 1. The van der Waals surface area contributed by atoms with Gasteiger partial charge in [-0.05, 0) is 19.8 Å². The minimum absolute atomic E-state index is 0.512. The second-order valence-electron chi connectivity index (χ2n) is 3.16. The van der Waals surface area contributed by atoms with Gasteiger partial charge < -0.3 is 0 Å². The molecule has 1 heterocycles. The lowest BCUT2D eigenvalue weighted by molar-refractivity contribution is 0.406. The van der Waals surface area contributed by atoms with Crippen LogP contribution in [0.3, 0.4) is 0 Å². The molecule has 64 valence electrons. The van der Waals surface area contributed by atoms with Crippen LogP contribution in [0.25, 0.3) is 0 Å². The first-order valence-corrected chi connectivity index (χ1v) is 4.52. The molecule has 0 saturated heterocycles. The van der Waals surface area contributed by atoms with Gasteiger partial charge in [0.2, 0.25) is 0 Å². The lowest BCUT2D eigenvalue weighted by atomic mass is 9.83. The molecule has 0 spiro atoms. The normalized spacial score (nSPS) is 17.5. The summed E-state index contributed by atoms with van der Waals surface area (Å²) in [5.74, 6) is 1.15. The molecule has 1 aliphatic carbocycles. The van der Waals surface area contributed by atoms with Gasteiger partial charge >= 0.3 is 0 Å². The molecule has 12 heavy (non-hydrogen) atoms. The number of nitrogens with zero attached hydrogens (tertiary/aromatic N) is 3. The molecule has 2 rings (SSSR count). The van der Waals surface area contributed by atoms with Crippen LogP contribution in [0.2, 0.25) is 5.15 Å². The fraction of sp³-hybridized carbons (Fsp3) is 0.625. The van der Waals surface area contributed by atoms with E-state index in [4.69, 9.17) is 11.6 Å². The Labute approximate surface area is 76.2 Å². The SMILES string of the molecule is Cc1nnc(C2CCC2)c(Cl)n1. The van der Waals surface area contributed by atoms with E-state index < -0.39 is 0 Å². The summed E-state index contributed by atoms with van der Waals surface area (Å²) in [4.78, 5) is 4.07. The van der Waals surface area contributed by atoms with Crippen LogP contribution in [0, 0.1) is 6.92 Å². The molecule has 0 atom stereocenters. The van der Waals surface area contributed by atoms with Gasteiger partial charge in [0.05, 0.1) is 0 Å². The first-order valence-electron chi connectivity index (χ1n) is 4.14. The topological polar surface area (TPSA) is 38.7 Å². The van der Waals surface area contributed by atoms with E-state index in [9.17, 15) is 0 Å². The van der Waals surface area contributed by atoms with Gasteiger partial charge in [0.1, 0.15) is 11.5 Å². The van der Waals surface area contributed by atoms with Crippen molar-refractivity contribution in [3.05, 3.63) is 16.7 Å². The van der Waals surface area contributed by atoms with Crippen LogP contribution < -0.4 is 0 Å². The van der Waals surface area contributed by atoms with Gasteiger partial charge in [-0.3, -0.25) is 0 Å². The second kappa shape index (κ2) is 2.98. The third kappa shape index (κ3) is 1.29. The van der Waals surface area contributed by atoms with Crippen LogP contribution >= 0.6 is 11.6 Å². The Morgan fingerprint density at radius 3 is 2.58 bits per heavy atom. The van der Waals surface area contributed by atoms with Crippen molar-refractivity contribution in [2.75, 3.05) is 0 Å². The Morgan fingerprint density at radius 2 is 2.08 bits per heavy atom. The minimum atomic E-state index is 0.512. The lowest BCUT2D eigenvalue weighted by Crippen LogP contribution is -2.13. The van der Waals surface area contributed by atoms with Gasteiger partial charge in [-0.1, -0.05) is 18.0 Å². The van der Waals surface area contributed by atoms with Crippen molar-refractivity contribution in [3.63, 3.8) is 0 Å². The van der Waals surface area contributed by atoms with Crippen molar-refractivity contribution in [3.8, 4) is 0 Å². The van der Waals surface area contributed by atoms with Crippen LogP contribution in [0.5, 0.6) is 0 Å². The van der Waals surface area contributed by atoms with E-state index in [1.807, 2.05) is 0 Å². The zero-order valence-corrected chi connectivity index (χ0v) is 7.67. The zero-order chi connectivity index (χ0) is 8.55. The minimum Gasteiger partial charge on any atom is -0.218 e. The summed E-state index contributed by atoms with van der Waals surface area (Å²) in [5, 5.41) is 8.49. The highest BCUT2D eigenvalue weighted by Crippen LogP contribution is 2.37. The molecule has 0 aliphatic heterocycles. The summed E-state index contributed by atoms with van der Waals surface area (Å²) in [6, 6.07) is 0. The second-order valence-corrected chi connectivity index (χ2v) is 3.52. The van der Waals surface area contributed by atoms with E-state index >= 15 is 0 Å².